The second-order valence-electron chi connectivity index (χ2n) is 5.54. The maximum absolute atomic E-state index is 5.83. The highest BCUT2D eigenvalue weighted by molar-refractivity contribution is 5.33. The van der Waals surface area contributed by atoms with Gasteiger partial charge in [-0.15, -0.1) is 0 Å². The first-order chi connectivity index (χ1) is 9.16. The summed E-state index contributed by atoms with van der Waals surface area (Å²) >= 11 is 0. The zero-order valence-corrected chi connectivity index (χ0v) is 12.4. The first-order valence-corrected chi connectivity index (χ1v) is 7.31. The van der Waals surface area contributed by atoms with Crippen LogP contribution in [-0.2, 0) is 0 Å². The van der Waals surface area contributed by atoms with E-state index in [1.165, 1.54) is 11.1 Å². The molecule has 1 aromatic rings. The molecule has 2 rings (SSSR count). The number of hydrogen-bond acceptors (Lipinski definition) is 3. The Kier molecular flexibility index (Phi) is 5.23. The van der Waals surface area contributed by atoms with Gasteiger partial charge in [0.15, 0.2) is 0 Å². The van der Waals surface area contributed by atoms with Gasteiger partial charge in [-0.05, 0) is 50.5 Å². The van der Waals surface area contributed by atoms with E-state index in [-0.39, 0.29) is 0 Å². The number of hydrogen-bond donors (Lipinski definition) is 1. The van der Waals surface area contributed by atoms with Crippen LogP contribution < -0.4 is 10.1 Å². The van der Waals surface area contributed by atoms with Crippen molar-refractivity contribution in [2.24, 2.45) is 0 Å². The molecule has 0 unspecified atom stereocenters. The van der Waals surface area contributed by atoms with Gasteiger partial charge in [-0.3, -0.25) is 4.90 Å². The van der Waals surface area contributed by atoms with Gasteiger partial charge in [0.05, 0.1) is 6.61 Å². The number of ether oxygens (including phenoxy) is 1. The van der Waals surface area contributed by atoms with Crippen LogP contribution in [0.2, 0.25) is 0 Å². The van der Waals surface area contributed by atoms with Crippen LogP contribution in [0.15, 0.2) is 18.2 Å². The SMILES string of the molecule is Cc1ccc(OCCCN2CCNC[C@H]2C)cc1C. The molecule has 0 bridgehead atoms. The molecule has 0 saturated carbocycles. The summed E-state index contributed by atoms with van der Waals surface area (Å²) in [7, 11) is 0. The first-order valence-electron chi connectivity index (χ1n) is 7.31. The fourth-order valence-electron chi connectivity index (χ4n) is 2.48. The van der Waals surface area contributed by atoms with Crippen LogP contribution in [0.4, 0.5) is 0 Å². The van der Waals surface area contributed by atoms with Gasteiger partial charge in [0.1, 0.15) is 5.75 Å². The molecule has 1 aromatic carbocycles. The summed E-state index contributed by atoms with van der Waals surface area (Å²) in [5.41, 5.74) is 2.62. The smallest absolute Gasteiger partial charge is 0.119 e. The fraction of sp³-hybridized carbons (Fsp3) is 0.625. The Labute approximate surface area is 116 Å². The molecule has 1 fully saturated rings. The molecule has 3 heteroatoms. The standard InChI is InChI=1S/C16H26N2O/c1-13-5-6-16(11-14(13)2)19-10-4-8-18-9-7-17-12-15(18)3/h5-6,11,15,17H,4,7-10,12H2,1-3H3/t15-/m1/s1. The Morgan fingerprint density at radius 2 is 2.16 bits per heavy atom. The average molecular weight is 262 g/mol. The Hall–Kier alpha value is -1.06. The van der Waals surface area contributed by atoms with Crippen molar-refractivity contribution in [2.45, 2.75) is 33.2 Å². The third-order valence-corrected chi connectivity index (χ3v) is 3.98. The quantitative estimate of drug-likeness (QED) is 0.825. The molecule has 1 aliphatic rings. The van der Waals surface area contributed by atoms with Crippen LogP contribution in [0.1, 0.15) is 24.5 Å². The highest BCUT2D eigenvalue weighted by Gasteiger charge is 2.16. The van der Waals surface area contributed by atoms with Crippen LogP contribution in [-0.4, -0.2) is 43.7 Å². The Morgan fingerprint density at radius 3 is 2.89 bits per heavy atom. The van der Waals surface area contributed by atoms with E-state index in [4.69, 9.17) is 4.74 Å². The van der Waals surface area contributed by atoms with E-state index in [9.17, 15) is 0 Å². The van der Waals surface area contributed by atoms with Crippen molar-refractivity contribution in [3.05, 3.63) is 29.3 Å². The molecule has 0 radical (unpaired) electrons. The van der Waals surface area contributed by atoms with Gasteiger partial charge in [-0.2, -0.15) is 0 Å². The van der Waals surface area contributed by atoms with Crippen LogP contribution in [0.3, 0.4) is 0 Å². The number of piperazine rings is 1. The molecule has 3 nitrogen and oxygen atoms in total. The van der Waals surface area contributed by atoms with Gasteiger partial charge in [0, 0.05) is 32.2 Å². The van der Waals surface area contributed by atoms with Crippen molar-refractivity contribution >= 4 is 0 Å². The molecule has 1 heterocycles. The van der Waals surface area contributed by atoms with Crippen molar-refractivity contribution < 1.29 is 4.74 Å². The molecule has 1 aliphatic heterocycles. The topological polar surface area (TPSA) is 24.5 Å². The van der Waals surface area contributed by atoms with Gasteiger partial charge in [-0.1, -0.05) is 6.07 Å². The minimum Gasteiger partial charge on any atom is -0.494 e. The fourth-order valence-corrected chi connectivity index (χ4v) is 2.48. The lowest BCUT2D eigenvalue weighted by molar-refractivity contribution is 0.160. The lowest BCUT2D eigenvalue weighted by Gasteiger charge is -2.33. The van der Waals surface area contributed by atoms with E-state index in [1.54, 1.807) is 0 Å². The highest BCUT2D eigenvalue weighted by atomic mass is 16.5. The summed E-state index contributed by atoms with van der Waals surface area (Å²) in [6.45, 7) is 11.9. The van der Waals surface area contributed by atoms with E-state index < -0.39 is 0 Å². The maximum atomic E-state index is 5.83. The molecular weight excluding hydrogens is 236 g/mol. The molecule has 1 saturated heterocycles. The summed E-state index contributed by atoms with van der Waals surface area (Å²) in [5, 5.41) is 3.42. The average Bonchev–Trinajstić information content (AvgIpc) is 2.40. The molecule has 106 valence electrons. The minimum absolute atomic E-state index is 0.648. The summed E-state index contributed by atoms with van der Waals surface area (Å²) in [4.78, 5) is 2.54. The number of aryl methyl sites for hydroxylation is 2. The predicted octanol–water partition coefficient (Wildman–Crippen LogP) is 2.37. The van der Waals surface area contributed by atoms with Crippen molar-refractivity contribution in [3.8, 4) is 5.75 Å². The summed E-state index contributed by atoms with van der Waals surface area (Å²) in [6, 6.07) is 6.97. The number of nitrogens with one attached hydrogen (secondary N) is 1. The predicted molar refractivity (Wildman–Crippen MR) is 79.9 cm³/mol. The molecule has 0 spiro atoms. The zero-order chi connectivity index (χ0) is 13.7. The molecule has 0 amide bonds. The summed E-state index contributed by atoms with van der Waals surface area (Å²) in [6.07, 6.45) is 1.09. The van der Waals surface area contributed by atoms with Crippen LogP contribution in [0, 0.1) is 13.8 Å². The van der Waals surface area contributed by atoms with Gasteiger partial charge in [-0.25, -0.2) is 0 Å². The zero-order valence-electron chi connectivity index (χ0n) is 12.4. The second kappa shape index (κ2) is 6.92. The number of nitrogens with zero attached hydrogens (tertiary/aromatic N) is 1. The number of benzene rings is 1. The monoisotopic (exact) mass is 262 g/mol. The van der Waals surface area contributed by atoms with Crippen molar-refractivity contribution in [1.82, 2.24) is 10.2 Å². The minimum atomic E-state index is 0.648. The van der Waals surface area contributed by atoms with Gasteiger partial charge in [0.2, 0.25) is 0 Å². The van der Waals surface area contributed by atoms with E-state index in [0.717, 1.165) is 45.0 Å². The Bertz CT molecular complexity index is 406. The molecule has 0 aliphatic carbocycles. The van der Waals surface area contributed by atoms with Gasteiger partial charge in [0.25, 0.3) is 0 Å². The Morgan fingerprint density at radius 1 is 1.32 bits per heavy atom. The summed E-state index contributed by atoms with van der Waals surface area (Å²) < 4.78 is 5.83. The number of rotatable bonds is 5. The molecule has 1 atom stereocenters. The third-order valence-electron chi connectivity index (χ3n) is 3.98. The van der Waals surface area contributed by atoms with E-state index >= 15 is 0 Å². The maximum Gasteiger partial charge on any atom is 0.119 e. The van der Waals surface area contributed by atoms with Crippen molar-refractivity contribution in [3.63, 3.8) is 0 Å². The van der Waals surface area contributed by atoms with E-state index in [1.807, 2.05) is 0 Å². The van der Waals surface area contributed by atoms with Gasteiger partial charge < -0.3 is 10.1 Å². The lowest BCUT2D eigenvalue weighted by atomic mass is 10.1. The van der Waals surface area contributed by atoms with Crippen molar-refractivity contribution in [1.29, 1.82) is 0 Å². The molecule has 19 heavy (non-hydrogen) atoms. The van der Waals surface area contributed by atoms with E-state index in [2.05, 4.69) is 49.2 Å². The second-order valence-corrected chi connectivity index (χ2v) is 5.54. The van der Waals surface area contributed by atoms with Crippen LogP contribution >= 0.6 is 0 Å². The molecule has 0 aromatic heterocycles. The van der Waals surface area contributed by atoms with E-state index in [0.29, 0.717) is 6.04 Å². The van der Waals surface area contributed by atoms with Crippen LogP contribution in [0.5, 0.6) is 5.75 Å². The highest BCUT2D eigenvalue weighted by Crippen LogP contribution is 2.16. The van der Waals surface area contributed by atoms with Gasteiger partial charge >= 0.3 is 0 Å². The largest absolute Gasteiger partial charge is 0.494 e. The first kappa shape index (κ1) is 14.4. The Balaban J connectivity index is 1.70. The summed E-state index contributed by atoms with van der Waals surface area (Å²) in [5.74, 6) is 0.997. The molecule has 1 N–H and O–H groups in total. The van der Waals surface area contributed by atoms with Crippen molar-refractivity contribution in [2.75, 3.05) is 32.8 Å². The third kappa shape index (κ3) is 4.22. The molecular formula is C16H26N2O. The normalized spacial score (nSPS) is 20.5. The lowest BCUT2D eigenvalue weighted by Crippen LogP contribution is -2.50. The van der Waals surface area contributed by atoms with Crippen LogP contribution in [0.25, 0.3) is 0 Å².